The van der Waals surface area contributed by atoms with Crippen molar-refractivity contribution < 1.29 is 28.6 Å². The average molecular weight is 723 g/mol. The molecule has 6 heteroatoms. The predicted octanol–water partition coefficient (Wildman–Crippen LogP) is 13.8. The summed E-state index contributed by atoms with van der Waals surface area (Å²) in [5, 5.41) is 0. The first-order valence-corrected chi connectivity index (χ1v) is 22.2. The molecule has 0 rings (SSSR count). The quantitative estimate of drug-likeness (QED) is 0.0357. The second-order valence-electron chi connectivity index (χ2n) is 16.3. The standard InChI is InChI=1S/C45H86O6/c1-6-7-8-9-10-11-12-13-14-15-20-27-32-37-45(48)51-42(39-50-44(47)36-31-26-22-21-24-29-34-41(4)5)38-49-43(46)35-30-25-19-17-16-18-23-28-33-40(2)3/h40-42H,6-39H2,1-5H3/t42-/m0/s1. The Morgan fingerprint density at radius 3 is 0.961 bits per heavy atom. The molecule has 0 aliphatic rings. The SMILES string of the molecule is CCCCCCCCCCCCCCCC(=O)O[C@@H](COC(=O)CCCCCCCCCCC(C)C)COC(=O)CCCCCCCCC(C)C. The molecule has 0 unspecified atom stereocenters. The lowest BCUT2D eigenvalue weighted by Crippen LogP contribution is -2.30. The Hall–Kier alpha value is -1.59. The molecule has 0 saturated heterocycles. The van der Waals surface area contributed by atoms with Crippen LogP contribution in [0.2, 0.25) is 0 Å². The van der Waals surface area contributed by atoms with Crippen LogP contribution in [0.15, 0.2) is 0 Å². The highest BCUT2D eigenvalue weighted by atomic mass is 16.6. The third-order valence-electron chi connectivity index (χ3n) is 9.97. The predicted molar refractivity (Wildman–Crippen MR) is 215 cm³/mol. The lowest BCUT2D eigenvalue weighted by molar-refractivity contribution is -0.167. The van der Waals surface area contributed by atoms with Crippen molar-refractivity contribution >= 4 is 17.9 Å². The number of unbranched alkanes of at least 4 members (excludes halogenated alkanes) is 24. The first-order chi connectivity index (χ1) is 24.7. The summed E-state index contributed by atoms with van der Waals surface area (Å²) >= 11 is 0. The number of esters is 3. The topological polar surface area (TPSA) is 78.9 Å². The van der Waals surface area contributed by atoms with E-state index in [2.05, 4.69) is 34.6 Å². The second kappa shape index (κ2) is 38.1. The number of rotatable bonds is 39. The van der Waals surface area contributed by atoms with Crippen LogP contribution in [0.1, 0.15) is 240 Å². The highest BCUT2D eigenvalue weighted by Gasteiger charge is 2.19. The van der Waals surface area contributed by atoms with Crippen LogP contribution >= 0.6 is 0 Å². The highest BCUT2D eigenvalue weighted by Crippen LogP contribution is 2.16. The Labute approximate surface area is 317 Å². The molecule has 1 atom stereocenters. The van der Waals surface area contributed by atoms with Crippen molar-refractivity contribution in [3.05, 3.63) is 0 Å². The summed E-state index contributed by atoms with van der Waals surface area (Å²) in [4.78, 5) is 37.6. The van der Waals surface area contributed by atoms with E-state index in [1.54, 1.807) is 0 Å². The summed E-state index contributed by atoms with van der Waals surface area (Å²) in [5.41, 5.74) is 0. The molecular formula is C45H86O6. The normalized spacial score (nSPS) is 12.1. The van der Waals surface area contributed by atoms with E-state index in [-0.39, 0.29) is 31.1 Å². The molecule has 302 valence electrons. The number of hydrogen-bond acceptors (Lipinski definition) is 6. The van der Waals surface area contributed by atoms with Gasteiger partial charge < -0.3 is 14.2 Å². The van der Waals surface area contributed by atoms with Crippen LogP contribution in [0.25, 0.3) is 0 Å². The maximum Gasteiger partial charge on any atom is 0.306 e. The van der Waals surface area contributed by atoms with Crippen molar-refractivity contribution in [3.8, 4) is 0 Å². The summed E-state index contributed by atoms with van der Waals surface area (Å²) in [6.45, 7) is 11.2. The van der Waals surface area contributed by atoms with Crippen molar-refractivity contribution in [1.29, 1.82) is 0 Å². The molecule has 0 N–H and O–H groups in total. The van der Waals surface area contributed by atoms with Gasteiger partial charge in [-0.25, -0.2) is 0 Å². The van der Waals surface area contributed by atoms with Gasteiger partial charge >= 0.3 is 17.9 Å². The molecule has 0 spiro atoms. The summed E-state index contributed by atoms with van der Waals surface area (Å²) in [5.74, 6) is 0.695. The van der Waals surface area contributed by atoms with Crippen molar-refractivity contribution in [2.24, 2.45) is 11.8 Å². The largest absolute Gasteiger partial charge is 0.462 e. The Morgan fingerprint density at radius 2 is 0.647 bits per heavy atom. The molecule has 6 nitrogen and oxygen atoms in total. The molecule has 0 saturated carbocycles. The van der Waals surface area contributed by atoms with Gasteiger partial charge in [-0.1, -0.05) is 202 Å². The van der Waals surface area contributed by atoms with Gasteiger partial charge in [0, 0.05) is 19.3 Å². The van der Waals surface area contributed by atoms with Gasteiger partial charge in [0.25, 0.3) is 0 Å². The molecule has 0 aromatic heterocycles. The van der Waals surface area contributed by atoms with Crippen LogP contribution < -0.4 is 0 Å². The van der Waals surface area contributed by atoms with Gasteiger partial charge in [0.1, 0.15) is 13.2 Å². The minimum Gasteiger partial charge on any atom is -0.462 e. The number of ether oxygens (including phenoxy) is 3. The Morgan fingerprint density at radius 1 is 0.373 bits per heavy atom. The average Bonchev–Trinajstić information content (AvgIpc) is 3.09. The molecule has 0 bridgehead atoms. The van der Waals surface area contributed by atoms with Gasteiger partial charge in [-0.05, 0) is 31.1 Å². The first kappa shape index (κ1) is 49.4. The van der Waals surface area contributed by atoms with E-state index in [4.69, 9.17) is 14.2 Å². The van der Waals surface area contributed by atoms with E-state index in [1.807, 2.05) is 0 Å². The monoisotopic (exact) mass is 723 g/mol. The minimum absolute atomic E-state index is 0.0663. The number of hydrogen-bond donors (Lipinski definition) is 0. The summed E-state index contributed by atoms with van der Waals surface area (Å²) in [6.07, 6.45) is 35.3. The molecular weight excluding hydrogens is 636 g/mol. The van der Waals surface area contributed by atoms with Gasteiger partial charge in [0.15, 0.2) is 6.10 Å². The molecule has 0 aromatic rings. The molecule has 51 heavy (non-hydrogen) atoms. The Bertz CT molecular complexity index is 779. The Balaban J connectivity index is 4.33. The zero-order valence-corrected chi connectivity index (χ0v) is 34.7. The van der Waals surface area contributed by atoms with Crippen molar-refractivity contribution in [2.45, 2.75) is 246 Å². The molecule has 0 aliphatic carbocycles. The zero-order chi connectivity index (χ0) is 37.6. The van der Waals surface area contributed by atoms with Crippen molar-refractivity contribution in [2.75, 3.05) is 13.2 Å². The van der Waals surface area contributed by atoms with E-state index in [9.17, 15) is 14.4 Å². The van der Waals surface area contributed by atoms with E-state index in [0.717, 1.165) is 69.6 Å². The van der Waals surface area contributed by atoms with Crippen LogP contribution in [-0.2, 0) is 28.6 Å². The lowest BCUT2D eigenvalue weighted by atomic mass is 10.0. The fourth-order valence-electron chi connectivity index (χ4n) is 6.58. The van der Waals surface area contributed by atoms with Crippen LogP contribution in [0, 0.1) is 11.8 Å². The maximum absolute atomic E-state index is 12.7. The fourth-order valence-corrected chi connectivity index (χ4v) is 6.58. The van der Waals surface area contributed by atoms with Gasteiger partial charge in [-0.2, -0.15) is 0 Å². The summed E-state index contributed by atoms with van der Waals surface area (Å²) in [7, 11) is 0. The van der Waals surface area contributed by atoms with Crippen molar-refractivity contribution in [1.82, 2.24) is 0 Å². The van der Waals surface area contributed by atoms with Gasteiger partial charge in [0.05, 0.1) is 0 Å². The van der Waals surface area contributed by atoms with E-state index in [0.29, 0.717) is 19.3 Å². The highest BCUT2D eigenvalue weighted by molar-refractivity contribution is 5.71. The fraction of sp³-hybridized carbons (Fsp3) is 0.933. The Kier molecular flexibility index (Phi) is 37.0. The number of carbonyl (C=O) groups is 3. The van der Waals surface area contributed by atoms with E-state index in [1.165, 1.54) is 128 Å². The van der Waals surface area contributed by atoms with Crippen molar-refractivity contribution in [3.63, 3.8) is 0 Å². The van der Waals surface area contributed by atoms with E-state index >= 15 is 0 Å². The minimum atomic E-state index is -0.760. The van der Waals surface area contributed by atoms with Crippen LogP contribution in [-0.4, -0.2) is 37.2 Å². The molecule has 0 heterocycles. The van der Waals surface area contributed by atoms with Crippen LogP contribution in [0.4, 0.5) is 0 Å². The molecule has 0 aromatic carbocycles. The third kappa shape index (κ3) is 39.5. The maximum atomic E-state index is 12.7. The molecule has 0 amide bonds. The first-order valence-electron chi connectivity index (χ1n) is 22.2. The second-order valence-corrected chi connectivity index (χ2v) is 16.3. The lowest BCUT2D eigenvalue weighted by Gasteiger charge is -2.18. The van der Waals surface area contributed by atoms with Gasteiger partial charge in [-0.15, -0.1) is 0 Å². The van der Waals surface area contributed by atoms with Crippen LogP contribution in [0.5, 0.6) is 0 Å². The molecule has 0 aliphatic heterocycles. The van der Waals surface area contributed by atoms with Gasteiger partial charge in [-0.3, -0.25) is 14.4 Å². The summed E-state index contributed by atoms with van der Waals surface area (Å²) < 4.78 is 16.7. The van der Waals surface area contributed by atoms with E-state index < -0.39 is 6.10 Å². The number of carbonyl (C=O) groups excluding carboxylic acids is 3. The molecule has 0 fully saturated rings. The summed E-state index contributed by atoms with van der Waals surface area (Å²) in [6, 6.07) is 0. The van der Waals surface area contributed by atoms with Gasteiger partial charge in [0.2, 0.25) is 0 Å². The van der Waals surface area contributed by atoms with Crippen LogP contribution in [0.3, 0.4) is 0 Å². The zero-order valence-electron chi connectivity index (χ0n) is 34.7. The third-order valence-corrected chi connectivity index (χ3v) is 9.97. The molecule has 0 radical (unpaired) electrons. The smallest absolute Gasteiger partial charge is 0.306 e.